The quantitative estimate of drug-likeness (QED) is 0.694. The van der Waals surface area contributed by atoms with Crippen molar-refractivity contribution < 1.29 is 27.4 Å². The number of esters is 1. The molecule has 1 saturated heterocycles. The fourth-order valence-corrected chi connectivity index (χ4v) is 4.63. The maximum absolute atomic E-state index is 12.8. The van der Waals surface area contributed by atoms with Gasteiger partial charge in [0.25, 0.3) is 0 Å². The lowest BCUT2D eigenvalue weighted by Crippen LogP contribution is -2.52. The van der Waals surface area contributed by atoms with Gasteiger partial charge in [-0.1, -0.05) is 30.3 Å². The number of hydrogen-bond donors (Lipinski definition) is 1. The van der Waals surface area contributed by atoms with E-state index in [9.17, 15) is 13.2 Å². The van der Waals surface area contributed by atoms with E-state index in [0.717, 1.165) is 5.56 Å². The van der Waals surface area contributed by atoms with Gasteiger partial charge in [-0.05, 0) is 43.2 Å². The molecule has 1 aliphatic heterocycles. The summed E-state index contributed by atoms with van der Waals surface area (Å²) in [4.78, 5) is 12.2. The molecule has 1 unspecified atom stereocenters. The van der Waals surface area contributed by atoms with E-state index in [1.807, 2.05) is 30.3 Å². The molecule has 2 aromatic carbocycles. The first-order valence-electron chi connectivity index (χ1n) is 9.39. The normalized spacial score (nSPS) is 22.1. The van der Waals surface area contributed by atoms with E-state index in [2.05, 4.69) is 4.72 Å². The summed E-state index contributed by atoms with van der Waals surface area (Å²) in [6, 6.07) is 15.3. The summed E-state index contributed by atoms with van der Waals surface area (Å²) in [6.45, 7) is 2.50. The Bertz CT molecular complexity index is 914. The van der Waals surface area contributed by atoms with Crippen molar-refractivity contribution in [2.24, 2.45) is 5.92 Å². The van der Waals surface area contributed by atoms with Crippen molar-refractivity contribution in [2.75, 3.05) is 13.7 Å². The number of methoxy groups -OCH3 is 1. The van der Waals surface area contributed by atoms with Gasteiger partial charge in [-0.15, -0.1) is 0 Å². The van der Waals surface area contributed by atoms with Crippen molar-refractivity contribution in [3.8, 4) is 5.75 Å². The molecule has 3 rings (SSSR count). The molecule has 156 valence electrons. The lowest BCUT2D eigenvalue weighted by atomic mass is 9.91. The highest BCUT2D eigenvalue weighted by Crippen LogP contribution is 2.25. The Hall–Kier alpha value is -2.42. The van der Waals surface area contributed by atoms with E-state index >= 15 is 0 Å². The average molecular weight is 419 g/mol. The van der Waals surface area contributed by atoms with Crippen LogP contribution < -0.4 is 9.46 Å². The Morgan fingerprint density at radius 2 is 1.83 bits per heavy atom. The molecule has 2 aromatic rings. The van der Waals surface area contributed by atoms with Gasteiger partial charge < -0.3 is 14.2 Å². The maximum Gasteiger partial charge on any atom is 0.312 e. The van der Waals surface area contributed by atoms with Gasteiger partial charge in [0.1, 0.15) is 12.4 Å². The minimum Gasteiger partial charge on any atom is -0.489 e. The molecule has 0 spiro atoms. The number of ether oxygens (including phenoxy) is 3. The van der Waals surface area contributed by atoms with Crippen LogP contribution in [0.25, 0.3) is 0 Å². The van der Waals surface area contributed by atoms with Gasteiger partial charge in [0.05, 0.1) is 24.0 Å². The van der Waals surface area contributed by atoms with E-state index < -0.39 is 34.1 Å². The zero-order chi connectivity index (χ0) is 20.9. The monoisotopic (exact) mass is 419 g/mol. The Morgan fingerprint density at radius 3 is 2.48 bits per heavy atom. The molecule has 1 aliphatic rings. The third-order valence-corrected chi connectivity index (χ3v) is 6.42. The molecule has 1 N–H and O–H groups in total. The SMILES string of the molecule is COC(=O)[C@H]1C(C)OCC[C@H]1NS(=O)(=O)c1ccc(OCc2ccccc2)cc1. The van der Waals surface area contributed by atoms with Crippen LogP contribution in [0, 0.1) is 5.92 Å². The number of carbonyl (C=O) groups is 1. The molecule has 0 aromatic heterocycles. The van der Waals surface area contributed by atoms with Gasteiger partial charge in [-0.25, -0.2) is 13.1 Å². The summed E-state index contributed by atoms with van der Waals surface area (Å²) in [5.74, 6) is -0.619. The van der Waals surface area contributed by atoms with Crippen LogP contribution in [0.3, 0.4) is 0 Å². The highest BCUT2D eigenvalue weighted by molar-refractivity contribution is 7.89. The molecule has 3 atom stereocenters. The third-order valence-electron chi connectivity index (χ3n) is 4.91. The van der Waals surface area contributed by atoms with Crippen LogP contribution in [-0.4, -0.2) is 40.2 Å². The van der Waals surface area contributed by atoms with Crippen LogP contribution in [-0.2, 0) is 30.9 Å². The number of rotatable bonds is 7. The molecule has 8 heteroatoms. The number of benzene rings is 2. The van der Waals surface area contributed by atoms with Gasteiger partial charge in [-0.2, -0.15) is 0 Å². The second kappa shape index (κ2) is 9.39. The standard InChI is InChI=1S/C21H25NO6S/c1-15-20(21(23)26-2)19(12-13-27-15)22-29(24,25)18-10-8-17(9-11-18)28-14-16-6-4-3-5-7-16/h3-11,15,19-20,22H,12-14H2,1-2H3/t15?,19-,20+/m1/s1. The summed E-state index contributed by atoms with van der Waals surface area (Å²) >= 11 is 0. The molecule has 0 amide bonds. The molecular weight excluding hydrogens is 394 g/mol. The van der Waals surface area contributed by atoms with E-state index in [1.165, 1.54) is 19.2 Å². The number of sulfonamides is 1. The van der Waals surface area contributed by atoms with E-state index in [4.69, 9.17) is 14.2 Å². The largest absolute Gasteiger partial charge is 0.489 e. The highest BCUT2D eigenvalue weighted by Gasteiger charge is 2.40. The zero-order valence-electron chi connectivity index (χ0n) is 16.4. The first-order chi connectivity index (χ1) is 13.9. The number of hydrogen-bond acceptors (Lipinski definition) is 6. The second-order valence-electron chi connectivity index (χ2n) is 6.89. The fourth-order valence-electron chi connectivity index (χ4n) is 3.34. The topological polar surface area (TPSA) is 90.9 Å². The van der Waals surface area contributed by atoms with Gasteiger partial charge >= 0.3 is 5.97 Å². The summed E-state index contributed by atoms with van der Waals surface area (Å²) in [6.07, 6.45) is -0.0422. The Kier molecular flexibility index (Phi) is 6.89. The van der Waals surface area contributed by atoms with E-state index in [-0.39, 0.29) is 4.90 Å². The smallest absolute Gasteiger partial charge is 0.312 e. The first kappa shape index (κ1) is 21.3. The van der Waals surface area contributed by atoms with Crippen molar-refractivity contribution >= 4 is 16.0 Å². The number of nitrogens with one attached hydrogen (secondary N) is 1. The van der Waals surface area contributed by atoms with Crippen LogP contribution in [0.2, 0.25) is 0 Å². The molecule has 1 heterocycles. The van der Waals surface area contributed by atoms with Crippen molar-refractivity contribution in [3.05, 3.63) is 60.2 Å². The molecule has 29 heavy (non-hydrogen) atoms. The van der Waals surface area contributed by atoms with Crippen molar-refractivity contribution in [1.29, 1.82) is 0 Å². The first-order valence-corrected chi connectivity index (χ1v) is 10.9. The lowest BCUT2D eigenvalue weighted by Gasteiger charge is -2.34. The van der Waals surface area contributed by atoms with Crippen molar-refractivity contribution in [1.82, 2.24) is 4.72 Å². The Labute approximate surface area is 171 Å². The highest BCUT2D eigenvalue weighted by atomic mass is 32.2. The third kappa shape index (κ3) is 5.35. The van der Waals surface area contributed by atoms with Crippen LogP contribution >= 0.6 is 0 Å². The van der Waals surface area contributed by atoms with Crippen molar-refractivity contribution in [2.45, 2.75) is 37.0 Å². The summed E-state index contributed by atoms with van der Waals surface area (Å²) in [5.41, 5.74) is 1.02. The molecule has 1 fully saturated rings. The lowest BCUT2D eigenvalue weighted by molar-refractivity contribution is -0.155. The predicted octanol–water partition coefficient (Wildman–Crippen LogP) is 2.51. The second-order valence-corrected chi connectivity index (χ2v) is 8.60. The molecule has 0 saturated carbocycles. The minimum atomic E-state index is -3.81. The molecule has 7 nitrogen and oxygen atoms in total. The van der Waals surface area contributed by atoms with Gasteiger partial charge in [0.2, 0.25) is 10.0 Å². The van der Waals surface area contributed by atoms with Gasteiger partial charge in [-0.3, -0.25) is 4.79 Å². The summed E-state index contributed by atoms with van der Waals surface area (Å²) in [5, 5.41) is 0. The Balaban J connectivity index is 1.67. The fraction of sp³-hybridized carbons (Fsp3) is 0.381. The molecule has 0 bridgehead atoms. The molecule has 0 aliphatic carbocycles. The van der Waals surface area contributed by atoms with Crippen LogP contribution in [0.4, 0.5) is 0 Å². The van der Waals surface area contributed by atoms with Crippen molar-refractivity contribution in [3.63, 3.8) is 0 Å². The van der Waals surface area contributed by atoms with Gasteiger partial charge in [0, 0.05) is 12.6 Å². The van der Waals surface area contributed by atoms with Crippen LogP contribution in [0.5, 0.6) is 5.75 Å². The number of carbonyl (C=O) groups excluding carboxylic acids is 1. The van der Waals surface area contributed by atoms with Crippen LogP contribution in [0.1, 0.15) is 18.9 Å². The summed E-state index contributed by atoms with van der Waals surface area (Å²) < 4.78 is 44.3. The van der Waals surface area contributed by atoms with Crippen LogP contribution in [0.15, 0.2) is 59.5 Å². The maximum atomic E-state index is 12.8. The molecular formula is C21H25NO6S. The predicted molar refractivity (Wildman–Crippen MR) is 107 cm³/mol. The zero-order valence-corrected chi connectivity index (χ0v) is 17.2. The Morgan fingerprint density at radius 1 is 1.14 bits per heavy atom. The van der Waals surface area contributed by atoms with E-state index in [1.54, 1.807) is 19.1 Å². The minimum absolute atomic E-state index is 0.104. The average Bonchev–Trinajstić information content (AvgIpc) is 2.73. The molecule has 0 radical (unpaired) electrons. The van der Waals surface area contributed by atoms with Gasteiger partial charge in [0.15, 0.2) is 0 Å². The van der Waals surface area contributed by atoms with E-state index in [0.29, 0.717) is 25.4 Å². The summed E-state index contributed by atoms with van der Waals surface area (Å²) in [7, 11) is -2.53.